The number of benzene rings is 2. The summed E-state index contributed by atoms with van der Waals surface area (Å²) in [6.07, 6.45) is 0. The van der Waals surface area contributed by atoms with Crippen molar-refractivity contribution >= 4 is 0 Å². The zero-order chi connectivity index (χ0) is 12.5. The van der Waals surface area contributed by atoms with E-state index < -0.39 is 5.60 Å². The van der Waals surface area contributed by atoms with E-state index in [4.69, 9.17) is 0 Å². The lowest BCUT2D eigenvalue weighted by molar-refractivity contribution is 0.0992. The highest BCUT2D eigenvalue weighted by Gasteiger charge is 2.27. The van der Waals surface area contributed by atoms with Gasteiger partial charge in [-0.15, -0.1) is 0 Å². The molecule has 0 aliphatic rings. The van der Waals surface area contributed by atoms with Gasteiger partial charge in [0.1, 0.15) is 11.4 Å². The minimum atomic E-state index is -1.18. The molecular formula is C15H16O2. The smallest absolute Gasteiger partial charge is 0.122 e. The summed E-state index contributed by atoms with van der Waals surface area (Å²) in [6, 6.07) is 14.5. The molecule has 0 saturated heterocycles. The van der Waals surface area contributed by atoms with Crippen molar-refractivity contribution in [2.45, 2.75) is 19.4 Å². The van der Waals surface area contributed by atoms with Gasteiger partial charge >= 0.3 is 0 Å². The quantitative estimate of drug-likeness (QED) is 0.829. The lowest BCUT2D eigenvalue weighted by Crippen LogP contribution is -2.22. The van der Waals surface area contributed by atoms with Crippen LogP contribution in [0.4, 0.5) is 0 Å². The summed E-state index contributed by atoms with van der Waals surface area (Å²) < 4.78 is 0. The van der Waals surface area contributed by atoms with Gasteiger partial charge in [-0.25, -0.2) is 0 Å². The number of aromatic hydroxyl groups is 1. The van der Waals surface area contributed by atoms with Crippen molar-refractivity contribution in [1.29, 1.82) is 0 Å². The van der Waals surface area contributed by atoms with Gasteiger partial charge in [-0.3, -0.25) is 0 Å². The minimum Gasteiger partial charge on any atom is -0.508 e. The van der Waals surface area contributed by atoms with Crippen LogP contribution >= 0.6 is 0 Å². The van der Waals surface area contributed by atoms with Crippen LogP contribution in [-0.2, 0) is 5.60 Å². The highest BCUT2D eigenvalue weighted by atomic mass is 16.3. The van der Waals surface area contributed by atoms with E-state index in [1.54, 1.807) is 31.2 Å². The lowest BCUT2D eigenvalue weighted by Gasteiger charge is -2.25. The van der Waals surface area contributed by atoms with E-state index in [0.717, 1.165) is 11.1 Å². The molecule has 2 N–H and O–H groups in total. The second-order valence-corrected chi connectivity index (χ2v) is 4.46. The van der Waals surface area contributed by atoms with E-state index >= 15 is 0 Å². The maximum absolute atomic E-state index is 10.6. The molecule has 88 valence electrons. The predicted molar refractivity (Wildman–Crippen MR) is 68.0 cm³/mol. The summed E-state index contributed by atoms with van der Waals surface area (Å²) >= 11 is 0. The van der Waals surface area contributed by atoms with E-state index in [2.05, 4.69) is 0 Å². The normalized spacial score (nSPS) is 14.3. The molecule has 0 spiro atoms. The van der Waals surface area contributed by atoms with Crippen molar-refractivity contribution in [3.05, 3.63) is 65.2 Å². The monoisotopic (exact) mass is 228 g/mol. The number of aryl methyl sites for hydroxylation is 1. The molecule has 0 saturated carbocycles. The first-order valence-electron chi connectivity index (χ1n) is 5.60. The highest BCUT2D eigenvalue weighted by Crippen LogP contribution is 2.34. The Balaban J connectivity index is 2.49. The Morgan fingerprint density at radius 1 is 0.941 bits per heavy atom. The molecule has 0 aliphatic heterocycles. The van der Waals surface area contributed by atoms with Crippen LogP contribution in [0.25, 0.3) is 0 Å². The van der Waals surface area contributed by atoms with Crippen LogP contribution in [0.3, 0.4) is 0 Å². The van der Waals surface area contributed by atoms with Crippen LogP contribution in [0.5, 0.6) is 5.75 Å². The second-order valence-electron chi connectivity index (χ2n) is 4.46. The van der Waals surface area contributed by atoms with E-state index in [-0.39, 0.29) is 5.75 Å². The zero-order valence-electron chi connectivity index (χ0n) is 10.0. The topological polar surface area (TPSA) is 40.5 Å². The van der Waals surface area contributed by atoms with Gasteiger partial charge in [0.05, 0.1) is 0 Å². The number of hydrogen-bond donors (Lipinski definition) is 2. The Bertz CT molecular complexity index is 513. The van der Waals surface area contributed by atoms with E-state index in [9.17, 15) is 10.2 Å². The number of phenols is 1. The molecule has 1 unspecified atom stereocenters. The van der Waals surface area contributed by atoms with Gasteiger partial charge in [0.15, 0.2) is 0 Å². The summed E-state index contributed by atoms with van der Waals surface area (Å²) in [5, 5.41) is 20.4. The third-order valence-corrected chi connectivity index (χ3v) is 3.04. The third-order valence-electron chi connectivity index (χ3n) is 3.04. The van der Waals surface area contributed by atoms with E-state index in [0.29, 0.717) is 5.56 Å². The fourth-order valence-electron chi connectivity index (χ4n) is 1.92. The Labute approximate surface area is 101 Å². The third kappa shape index (κ3) is 2.17. The summed E-state index contributed by atoms with van der Waals surface area (Å²) in [6.45, 7) is 3.69. The number of phenolic OH excluding ortho intramolecular Hbond substituents is 1. The standard InChI is InChI=1S/C15H16O2/c1-11-7-9-12(10-8-11)15(2,17)13-5-3-4-6-14(13)16/h3-10,16-17H,1-2H3. The number of rotatable bonds is 2. The molecule has 17 heavy (non-hydrogen) atoms. The average Bonchev–Trinajstić information content (AvgIpc) is 2.30. The zero-order valence-corrected chi connectivity index (χ0v) is 10.0. The van der Waals surface area contributed by atoms with Gasteiger partial charge < -0.3 is 10.2 Å². The molecule has 0 aliphatic carbocycles. The molecule has 0 heterocycles. The van der Waals surface area contributed by atoms with Crippen molar-refractivity contribution in [3.8, 4) is 5.75 Å². The first-order valence-corrected chi connectivity index (χ1v) is 5.60. The molecule has 2 nitrogen and oxygen atoms in total. The van der Waals surface area contributed by atoms with Crippen LogP contribution in [-0.4, -0.2) is 10.2 Å². The average molecular weight is 228 g/mol. The molecule has 2 aromatic carbocycles. The predicted octanol–water partition coefficient (Wildman–Crippen LogP) is 2.96. The van der Waals surface area contributed by atoms with Gasteiger partial charge in [-0.2, -0.15) is 0 Å². The number of hydrogen-bond acceptors (Lipinski definition) is 2. The van der Waals surface area contributed by atoms with Crippen molar-refractivity contribution < 1.29 is 10.2 Å². The molecule has 2 aromatic rings. The lowest BCUT2D eigenvalue weighted by atomic mass is 9.87. The summed E-state index contributed by atoms with van der Waals surface area (Å²) in [5.74, 6) is 0.109. The van der Waals surface area contributed by atoms with Crippen molar-refractivity contribution in [2.24, 2.45) is 0 Å². The van der Waals surface area contributed by atoms with Crippen molar-refractivity contribution in [3.63, 3.8) is 0 Å². The molecule has 0 fully saturated rings. The van der Waals surface area contributed by atoms with Crippen LogP contribution < -0.4 is 0 Å². The Kier molecular flexibility index (Phi) is 2.90. The molecule has 2 heteroatoms. The summed E-state index contributed by atoms with van der Waals surface area (Å²) in [5.41, 5.74) is 1.24. The Morgan fingerprint density at radius 2 is 1.53 bits per heavy atom. The van der Waals surface area contributed by atoms with Crippen LogP contribution in [0, 0.1) is 6.92 Å². The highest BCUT2D eigenvalue weighted by molar-refractivity contribution is 5.43. The van der Waals surface area contributed by atoms with Crippen LogP contribution in [0.15, 0.2) is 48.5 Å². The minimum absolute atomic E-state index is 0.109. The van der Waals surface area contributed by atoms with Gasteiger partial charge in [-0.1, -0.05) is 48.0 Å². The van der Waals surface area contributed by atoms with Crippen molar-refractivity contribution in [1.82, 2.24) is 0 Å². The van der Waals surface area contributed by atoms with Gasteiger partial charge in [0.2, 0.25) is 0 Å². The fourth-order valence-corrected chi connectivity index (χ4v) is 1.92. The second kappa shape index (κ2) is 4.22. The summed E-state index contributed by atoms with van der Waals surface area (Å²) in [7, 11) is 0. The molecular weight excluding hydrogens is 212 g/mol. The number of para-hydroxylation sites is 1. The first kappa shape index (κ1) is 11.7. The molecule has 0 aromatic heterocycles. The van der Waals surface area contributed by atoms with Crippen LogP contribution in [0.1, 0.15) is 23.6 Å². The summed E-state index contributed by atoms with van der Waals surface area (Å²) in [4.78, 5) is 0. The first-order chi connectivity index (χ1) is 8.01. The maximum atomic E-state index is 10.6. The van der Waals surface area contributed by atoms with Crippen LogP contribution in [0.2, 0.25) is 0 Å². The van der Waals surface area contributed by atoms with Gasteiger partial charge in [0.25, 0.3) is 0 Å². The molecule has 0 amide bonds. The largest absolute Gasteiger partial charge is 0.508 e. The molecule has 0 radical (unpaired) electrons. The fraction of sp³-hybridized carbons (Fsp3) is 0.200. The van der Waals surface area contributed by atoms with Crippen molar-refractivity contribution in [2.75, 3.05) is 0 Å². The number of aliphatic hydroxyl groups is 1. The molecule has 2 rings (SSSR count). The molecule has 1 atom stereocenters. The van der Waals surface area contributed by atoms with E-state index in [1.807, 2.05) is 31.2 Å². The maximum Gasteiger partial charge on any atom is 0.122 e. The van der Waals surface area contributed by atoms with Gasteiger partial charge in [0, 0.05) is 5.56 Å². The van der Waals surface area contributed by atoms with E-state index in [1.165, 1.54) is 0 Å². The van der Waals surface area contributed by atoms with Gasteiger partial charge in [-0.05, 0) is 25.5 Å². The Hall–Kier alpha value is -1.80. The molecule has 0 bridgehead atoms. The Morgan fingerprint density at radius 3 is 2.12 bits per heavy atom. The SMILES string of the molecule is Cc1ccc(C(C)(O)c2ccccc2O)cc1.